The van der Waals surface area contributed by atoms with E-state index in [9.17, 15) is 0 Å². The molecule has 16 heavy (non-hydrogen) atoms. The van der Waals surface area contributed by atoms with Crippen molar-refractivity contribution in [2.24, 2.45) is 11.7 Å². The second-order valence-electron chi connectivity index (χ2n) is 4.16. The van der Waals surface area contributed by atoms with Crippen molar-refractivity contribution in [3.05, 3.63) is 28.2 Å². The van der Waals surface area contributed by atoms with Gasteiger partial charge in [0, 0.05) is 12.0 Å². The molecule has 1 aromatic carbocycles. The highest BCUT2D eigenvalue weighted by molar-refractivity contribution is 6.42. The van der Waals surface area contributed by atoms with E-state index in [1.807, 2.05) is 6.07 Å². The number of hydrogen-bond acceptors (Lipinski definition) is 2. The molecule has 2 N–H and O–H groups in total. The summed E-state index contributed by atoms with van der Waals surface area (Å²) in [5, 5.41) is 1.08. The van der Waals surface area contributed by atoms with Gasteiger partial charge in [0.2, 0.25) is 0 Å². The molecular weight excluding hydrogens is 245 g/mol. The van der Waals surface area contributed by atoms with Gasteiger partial charge < -0.3 is 10.5 Å². The van der Waals surface area contributed by atoms with Crippen LogP contribution in [0.1, 0.15) is 19.3 Å². The number of rotatable bonds is 3. The quantitative estimate of drug-likeness (QED) is 0.902. The highest BCUT2D eigenvalue weighted by atomic mass is 35.5. The van der Waals surface area contributed by atoms with Crippen LogP contribution >= 0.6 is 23.2 Å². The molecule has 2 nitrogen and oxygen atoms in total. The van der Waals surface area contributed by atoms with Gasteiger partial charge in [-0.25, -0.2) is 0 Å². The van der Waals surface area contributed by atoms with Crippen molar-refractivity contribution in [1.82, 2.24) is 0 Å². The zero-order valence-corrected chi connectivity index (χ0v) is 10.5. The van der Waals surface area contributed by atoms with Crippen LogP contribution in [0.3, 0.4) is 0 Å². The summed E-state index contributed by atoms with van der Waals surface area (Å²) in [5.74, 6) is 1.24. The molecule has 0 aromatic heterocycles. The zero-order valence-electron chi connectivity index (χ0n) is 8.96. The molecule has 1 fully saturated rings. The zero-order chi connectivity index (χ0) is 11.5. The molecule has 1 aromatic rings. The van der Waals surface area contributed by atoms with Crippen LogP contribution in [0.15, 0.2) is 18.2 Å². The van der Waals surface area contributed by atoms with E-state index in [0.29, 0.717) is 22.5 Å². The monoisotopic (exact) mass is 259 g/mol. The summed E-state index contributed by atoms with van der Waals surface area (Å²) in [6, 6.07) is 5.36. The molecule has 0 heterocycles. The minimum atomic E-state index is 0.224. The van der Waals surface area contributed by atoms with Crippen LogP contribution in [0.2, 0.25) is 10.0 Å². The molecule has 1 aliphatic rings. The lowest BCUT2D eigenvalue weighted by Gasteiger charge is -2.20. The molecule has 0 radical (unpaired) electrons. The van der Waals surface area contributed by atoms with Gasteiger partial charge in [0.25, 0.3) is 0 Å². The first-order valence-corrected chi connectivity index (χ1v) is 6.28. The number of halogens is 2. The number of nitrogens with two attached hydrogens (primary N) is 1. The van der Waals surface area contributed by atoms with Gasteiger partial charge in [0.05, 0.1) is 10.0 Å². The van der Waals surface area contributed by atoms with Crippen molar-refractivity contribution < 1.29 is 4.74 Å². The predicted molar refractivity (Wildman–Crippen MR) is 67.3 cm³/mol. The van der Waals surface area contributed by atoms with Crippen LogP contribution in [0, 0.1) is 5.92 Å². The molecule has 0 amide bonds. The first-order chi connectivity index (χ1) is 7.70. The Hall–Kier alpha value is -0.440. The van der Waals surface area contributed by atoms with Gasteiger partial charge in [-0.1, -0.05) is 23.2 Å². The fraction of sp³-hybridized carbons (Fsp3) is 0.500. The third kappa shape index (κ3) is 2.62. The predicted octanol–water partition coefficient (Wildman–Crippen LogP) is 3.50. The first kappa shape index (κ1) is 12.0. The van der Waals surface area contributed by atoms with Gasteiger partial charge in [0.15, 0.2) is 0 Å². The number of benzene rings is 1. The van der Waals surface area contributed by atoms with Crippen LogP contribution in [-0.2, 0) is 0 Å². The molecule has 1 saturated carbocycles. The normalized spacial score (nSPS) is 24.7. The Balaban J connectivity index is 2.05. The van der Waals surface area contributed by atoms with Crippen LogP contribution in [-0.4, -0.2) is 12.6 Å². The van der Waals surface area contributed by atoms with Crippen molar-refractivity contribution in [2.75, 3.05) is 6.54 Å². The molecule has 2 atom stereocenters. The van der Waals surface area contributed by atoms with Gasteiger partial charge in [-0.15, -0.1) is 0 Å². The summed E-state index contributed by atoms with van der Waals surface area (Å²) in [7, 11) is 0. The van der Waals surface area contributed by atoms with Gasteiger partial charge >= 0.3 is 0 Å². The van der Waals surface area contributed by atoms with Gasteiger partial charge in [-0.3, -0.25) is 0 Å². The van der Waals surface area contributed by atoms with E-state index < -0.39 is 0 Å². The molecule has 2 unspecified atom stereocenters. The van der Waals surface area contributed by atoms with Crippen molar-refractivity contribution in [1.29, 1.82) is 0 Å². The molecule has 0 aliphatic heterocycles. The highest BCUT2D eigenvalue weighted by Crippen LogP contribution is 2.32. The Bertz CT molecular complexity index is 370. The number of hydrogen-bond donors (Lipinski definition) is 1. The van der Waals surface area contributed by atoms with E-state index in [0.717, 1.165) is 18.6 Å². The second-order valence-corrected chi connectivity index (χ2v) is 4.97. The molecule has 88 valence electrons. The maximum atomic E-state index is 5.93. The average molecular weight is 260 g/mol. The molecular formula is C12H15Cl2NO. The van der Waals surface area contributed by atoms with Crippen LogP contribution in [0.25, 0.3) is 0 Å². The fourth-order valence-electron chi connectivity index (χ4n) is 2.15. The smallest absolute Gasteiger partial charge is 0.121 e. The Kier molecular flexibility index (Phi) is 3.95. The molecule has 0 saturated heterocycles. The maximum Gasteiger partial charge on any atom is 0.121 e. The third-order valence-electron chi connectivity index (χ3n) is 3.07. The third-order valence-corrected chi connectivity index (χ3v) is 3.81. The molecule has 0 spiro atoms. The van der Waals surface area contributed by atoms with E-state index >= 15 is 0 Å². The highest BCUT2D eigenvalue weighted by Gasteiger charge is 2.27. The van der Waals surface area contributed by atoms with E-state index in [2.05, 4.69) is 0 Å². The topological polar surface area (TPSA) is 35.2 Å². The van der Waals surface area contributed by atoms with E-state index in [1.165, 1.54) is 6.42 Å². The minimum Gasteiger partial charge on any atom is -0.490 e. The molecule has 2 rings (SSSR count). The lowest BCUT2D eigenvalue weighted by Crippen LogP contribution is -2.27. The SMILES string of the molecule is NCC1CCCC1Oc1ccc(Cl)c(Cl)c1. The van der Waals surface area contributed by atoms with Crippen molar-refractivity contribution in [3.8, 4) is 5.75 Å². The van der Waals surface area contributed by atoms with Crippen LogP contribution in [0.5, 0.6) is 5.75 Å². The maximum absolute atomic E-state index is 5.93. The molecule has 1 aliphatic carbocycles. The summed E-state index contributed by atoms with van der Waals surface area (Å²) < 4.78 is 5.89. The summed E-state index contributed by atoms with van der Waals surface area (Å²) in [4.78, 5) is 0. The van der Waals surface area contributed by atoms with Gasteiger partial charge in [-0.2, -0.15) is 0 Å². The summed E-state index contributed by atoms with van der Waals surface area (Å²) in [6.07, 6.45) is 3.64. The van der Waals surface area contributed by atoms with Gasteiger partial charge in [0.1, 0.15) is 11.9 Å². The first-order valence-electron chi connectivity index (χ1n) is 5.52. The fourth-order valence-corrected chi connectivity index (χ4v) is 2.44. The van der Waals surface area contributed by atoms with Crippen molar-refractivity contribution >= 4 is 23.2 Å². The summed E-state index contributed by atoms with van der Waals surface area (Å²) >= 11 is 11.8. The Labute approximate surface area is 106 Å². The minimum absolute atomic E-state index is 0.224. The Morgan fingerprint density at radius 2 is 2.06 bits per heavy atom. The van der Waals surface area contributed by atoms with Crippen molar-refractivity contribution in [2.45, 2.75) is 25.4 Å². The summed E-state index contributed by atoms with van der Waals surface area (Å²) in [5.41, 5.74) is 5.70. The van der Waals surface area contributed by atoms with Crippen LogP contribution in [0.4, 0.5) is 0 Å². The number of ether oxygens (including phenoxy) is 1. The lowest BCUT2D eigenvalue weighted by molar-refractivity contribution is 0.162. The lowest BCUT2D eigenvalue weighted by atomic mass is 10.1. The molecule has 4 heteroatoms. The standard InChI is InChI=1S/C12H15Cl2NO/c13-10-5-4-9(6-11(10)14)16-12-3-1-2-8(12)7-15/h4-6,8,12H,1-3,7,15H2. The van der Waals surface area contributed by atoms with E-state index in [-0.39, 0.29) is 6.10 Å². The average Bonchev–Trinajstić information content (AvgIpc) is 2.71. The molecule has 0 bridgehead atoms. The largest absolute Gasteiger partial charge is 0.490 e. The van der Waals surface area contributed by atoms with Crippen LogP contribution < -0.4 is 10.5 Å². The van der Waals surface area contributed by atoms with E-state index in [4.69, 9.17) is 33.7 Å². The van der Waals surface area contributed by atoms with Crippen molar-refractivity contribution in [3.63, 3.8) is 0 Å². The summed E-state index contributed by atoms with van der Waals surface area (Å²) in [6.45, 7) is 0.686. The second kappa shape index (κ2) is 5.26. The van der Waals surface area contributed by atoms with E-state index in [1.54, 1.807) is 12.1 Å². The van der Waals surface area contributed by atoms with Gasteiger partial charge in [-0.05, 0) is 37.9 Å². The Morgan fingerprint density at radius 3 is 2.75 bits per heavy atom. The Morgan fingerprint density at radius 1 is 1.25 bits per heavy atom.